The number of aliphatic hydroxyl groups excluding tert-OH is 1. The van der Waals surface area contributed by atoms with E-state index in [0.29, 0.717) is 5.76 Å². The van der Waals surface area contributed by atoms with E-state index in [1.807, 2.05) is 19.2 Å². The average Bonchev–Trinajstić information content (AvgIpc) is 2.26. The molecular formula is C14H27NO. The van der Waals surface area contributed by atoms with Crippen molar-refractivity contribution >= 4 is 0 Å². The molecule has 0 aromatic carbocycles. The molecule has 0 aliphatic heterocycles. The van der Waals surface area contributed by atoms with Crippen LogP contribution in [0.25, 0.3) is 0 Å². The lowest BCUT2D eigenvalue weighted by Crippen LogP contribution is -2.42. The van der Waals surface area contributed by atoms with Crippen molar-refractivity contribution in [2.45, 2.75) is 59.4 Å². The second-order valence-electron chi connectivity index (χ2n) is 4.44. The van der Waals surface area contributed by atoms with Crippen LogP contribution in [-0.2, 0) is 0 Å². The van der Waals surface area contributed by atoms with Crippen molar-refractivity contribution < 1.29 is 5.11 Å². The summed E-state index contributed by atoms with van der Waals surface area (Å²) in [6, 6.07) is 0. The van der Waals surface area contributed by atoms with E-state index < -0.39 is 0 Å². The molecule has 2 nitrogen and oxygen atoms in total. The molecule has 0 heterocycles. The predicted molar refractivity (Wildman–Crippen MR) is 71.5 cm³/mol. The molecule has 0 aromatic rings. The summed E-state index contributed by atoms with van der Waals surface area (Å²) in [5, 5.41) is 9.71. The number of hydrogen-bond acceptors (Lipinski definition) is 2. The Morgan fingerprint density at radius 1 is 1.31 bits per heavy atom. The molecular weight excluding hydrogens is 198 g/mol. The van der Waals surface area contributed by atoms with E-state index in [4.69, 9.17) is 0 Å². The lowest BCUT2D eigenvalue weighted by Gasteiger charge is -2.40. The lowest BCUT2D eigenvalue weighted by molar-refractivity contribution is 0.147. The summed E-state index contributed by atoms with van der Waals surface area (Å²) < 4.78 is 0. The van der Waals surface area contributed by atoms with Crippen LogP contribution >= 0.6 is 0 Å². The fraction of sp³-hybridized carbons (Fsp3) is 0.714. The fourth-order valence-electron chi connectivity index (χ4n) is 2.06. The second kappa shape index (κ2) is 7.37. The third-order valence-electron chi connectivity index (χ3n) is 3.21. The summed E-state index contributed by atoms with van der Waals surface area (Å²) in [6.45, 7) is 11.6. The molecule has 0 spiro atoms. The quantitative estimate of drug-likeness (QED) is 0.517. The van der Waals surface area contributed by atoms with Gasteiger partial charge in [-0.3, -0.25) is 0 Å². The Balaban J connectivity index is 4.87. The highest BCUT2D eigenvalue weighted by atomic mass is 16.3. The number of allylic oxidation sites excluding steroid dienone is 2. The van der Waals surface area contributed by atoms with Gasteiger partial charge >= 0.3 is 0 Å². The van der Waals surface area contributed by atoms with Crippen LogP contribution in [0.5, 0.6) is 0 Å². The number of rotatable bonds is 7. The maximum atomic E-state index is 9.71. The molecule has 0 amide bonds. The van der Waals surface area contributed by atoms with Crippen molar-refractivity contribution in [2.75, 3.05) is 6.54 Å². The Morgan fingerprint density at radius 3 is 2.31 bits per heavy atom. The molecule has 0 aliphatic carbocycles. The van der Waals surface area contributed by atoms with Gasteiger partial charge in [-0.05, 0) is 39.7 Å². The van der Waals surface area contributed by atoms with Crippen molar-refractivity contribution in [1.29, 1.82) is 0 Å². The Labute approximate surface area is 101 Å². The number of hydrogen-bond donors (Lipinski definition) is 1. The molecule has 0 saturated carbocycles. The third-order valence-corrected chi connectivity index (χ3v) is 3.21. The smallest absolute Gasteiger partial charge is 0.131 e. The van der Waals surface area contributed by atoms with Gasteiger partial charge in [0.2, 0.25) is 0 Å². The summed E-state index contributed by atoms with van der Waals surface area (Å²) in [4.78, 5) is 2.24. The SMILES string of the molecule is C/C=C/C(O)=C\N(CC)C(C)(CC)CCC. The van der Waals surface area contributed by atoms with Crippen molar-refractivity contribution in [3.63, 3.8) is 0 Å². The molecule has 16 heavy (non-hydrogen) atoms. The molecule has 2 heteroatoms. The van der Waals surface area contributed by atoms with Crippen LogP contribution in [0.4, 0.5) is 0 Å². The standard InChI is InChI=1S/C14H27NO/c1-6-10-13(16)12-15(9-4)14(5,8-3)11-7-2/h6,10,12,16H,7-9,11H2,1-5H3/b10-6+,13-12+. The maximum Gasteiger partial charge on any atom is 0.131 e. The summed E-state index contributed by atoms with van der Waals surface area (Å²) in [5.74, 6) is 0.333. The monoisotopic (exact) mass is 225 g/mol. The molecule has 0 saturated heterocycles. The van der Waals surface area contributed by atoms with Gasteiger partial charge in [0.1, 0.15) is 5.76 Å². The van der Waals surface area contributed by atoms with Crippen LogP contribution in [0, 0.1) is 0 Å². The first-order valence-electron chi connectivity index (χ1n) is 6.34. The molecule has 0 radical (unpaired) electrons. The normalized spacial score (nSPS) is 16.4. The molecule has 0 bridgehead atoms. The largest absolute Gasteiger partial charge is 0.506 e. The van der Waals surface area contributed by atoms with Gasteiger partial charge in [0.05, 0.1) is 0 Å². The first-order chi connectivity index (χ1) is 7.53. The molecule has 0 fully saturated rings. The first kappa shape index (κ1) is 15.1. The molecule has 1 unspecified atom stereocenters. The van der Waals surface area contributed by atoms with Gasteiger partial charge in [-0.2, -0.15) is 0 Å². The van der Waals surface area contributed by atoms with E-state index in [-0.39, 0.29) is 5.54 Å². The van der Waals surface area contributed by atoms with Crippen molar-refractivity contribution in [3.8, 4) is 0 Å². The second-order valence-corrected chi connectivity index (χ2v) is 4.44. The van der Waals surface area contributed by atoms with Gasteiger partial charge in [0.15, 0.2) is 0 Å². The van der Waals surface area contributed by atoms with Gasteiger partial charge in [-0.1, -0.05) is 26.3 Å². The summed E-state index contributed by atoms with van der Waals surface area (Å²) in [6.07, 6.45) is 8.84. The summed E-state index contributed by atoms with van der Waals surface area (Å²) in [7, 11) is 0. The van der Waals surface area contributed by atoms with Gasteiger partial charge < -0.3 is 10.0 Å². The van der Waals surface area contributed by atoms with Gasteiger partial charge in [0, 0.05) is 18.3 Å². The van der Waals surface area contributed by atoms with E-state index in [1.165, 1.54) is 6.42 Å². The van der Waals surface area contributed by atoms with E-state index in [0.717, 1.165) is 19.4 Å². The number of aliphatic hydroxyl groups is 1. The Morgan fingerprint density at radius 2 is 1.94 bits per heavy atom. The van der Waals surface area contributed by atoms with Crippen LogP contribution < -0.4 is 0 Å². The van der Waals surface area contributed by atoms with E-state index >= 15 is 0 Å². The van der Waals surface area contributed by atoms with E-state index in [9.17, 15) is 5.11 Å². The van der Waals surface area contributed by atoms with Gasteiger partial charge in [0.25, 0.3) is 0 Å². The zero-order chi connectivity index (χ0) is 12.6. The van der Waals surface area contributed by atoms with Crippen LogP contribution in [0.2, 0.25) is 0 Å². The van der Waals surface area contributed by atoms with Crippen molar-refractivity contribution in [3.05, 3.63) is 24.1 Å². The van der Waals surface area contributed by atoms with Crippen LogP contribution in [0.1, 0.15) is 53.9 Å². The zero-order valence-electron chi connectivity index (χ0n) is 11.5. The van der Waals surface area contributed by atoms with Crippen molar-refractivity contribution in [2.24, 2.45) is 0 Å². The molecule has 0 aliphatic rings. The Hall–Kier alpha value is -0.920. The predicted octanol–water partition coefficient (Wildman–Crippen LogP) is 4.25. The average molecular weight is 225 g/mol. The Bertz CT molecular complexity index is 245. The summed E-state index contributed by atoms with van der Waals surface area (Å²) in [5.41, 5.74) is 0.152. The highest BCUT2D eigenvalue weighted by molar-refractivity contribution is 5.10. The third kappa shape index (κ3) is 4.30. The maximum absolute atomic E-state index is 9.71. The van der Waals surface area contributed by atoms with Crippen LogP contribution in [0.15, 0.2) is 24.1 Å². The van der Waals surface area contributed by atoms with Gasteiger partial charge in [-0.25, -0.2) is 0 Å². The minimum absolute atomic E-state index is 0.152. The topological polar surface area (TPSA) is 23.5 Å². The zero-order valence-corrected chi connectivity index (χ0v) is 11.5. The highest BCUT2D eigenvalue weighted by Gasteiger charge is 2.26. The van der Waals surface area contributed by atoms with Crippen molar-refractivity contribution in [1.82, 2.24) is 4.90 Å². The molecule has 0 rings (SSSR count). The minimum Gasteiger partial charge on any atom is -0.506 e. The first-order valence-corrected chi connectivity index (χ1v) is 6.34. The molecule has 94 valence electrons. The highest BCUT2D eigenvalue weighted by Crippen LogP contribution is 2.25. The van der Waals surface area contributed by atoms with E-state index in [1.54, 1.807) is 6.08 Å². The number of nitrogens with zero attached hydrogens (tertiary/aromatic N) is 1. The Kier molecular flexibility index (Phi) is 6.95. The molecule has 1 N–H and O–H groups in total. The fourth-order valence-corrected chi connectivity index (χ4v) is 2.06. The van der Waals surface area contributed by atoms with Crippen LogP contribution in [0.3, 0.4) is 0 Å². The van der Waals surface area contributed by atoms with Crippen LogP contribution in [-0.4, -0.2) is 22.1 Å². The lowest BCUT2D eigenvalue weighted by atomic mass is 9.91. The van der Waals surface area contributed by atoms with Gasteiger partial charge in [-0.15, -0.1) is 0 Å². The molecule has 0 aromatic heterocycles. The van der Waals surface area contributed by atoms with E-state index in [2.05, 4.69) is 32.6 Å². The molecule has 1 atom stereocenters. The minimum atomic E-state index is 0.152. The summed E-state index contributed by atoms with van der Waals surface area (Å²) >= 11 is 0.